The largest absolute Gasteiger partial charge is 0.416 e. The first-order valence-electron chi connectivity index (χ1n) is 5.69. The van der Waals surface area contributed by atoms with Crippen LogP contribution in [0.1, 0.15) is 5.56 Å². The topological polar surface area (TPSA) is 37.0 Å². The molecule has 0 spiro atoms. The average Bonchev–Trinajstić information content (AvgIpc) is 2.40. The van der Waals surface area contributed by atoms with E-state index >= 15 is 0 Å². The maximum atomic E-state index is 12.8. The van der Waals surface area contributed by atoms with Crippen LogP contribution in [0.3, 0.4) is 0 Å². The molecule has 20 heavy (non-hydrogen) atoms. The number of aromatic nitrogens is 1. The van der Waals surface area contributed by atoms with Crippen LogP contribution in [0.25, 0.3) is 0 Å². The predicted molar refractivity (Wildman–Crippen MR) is 76.2 cm³/mol. The molecule has 0 fully saturated rings. The molecule has 0 bridgehead atoms. The highest BCUT2D eigenvalue weighted by Gasteiger charge is 2.31. The van der Waals surface area contributed by atoms with Gasteiger partial charge in [0.15, 0.2) is 0 Å². The van der Waals surface area contributed by atoms with Crippen molar-refractivity contribution in [1.82, 2.24) is 4.98 Å². The van der Waals surface area contributed by atoms with E-state index in [0.29, 0.717) is 5.69 Å². The first kappa shape index (κ1) is 14.6. The molecular weight excluding hydrogens is 335 g/mol. The van der Waals surface area contributed by atoms with E-state index in [1.54, 1.807) is 18.2 Å². The smallest absolute Gasteiger partial charge is 0.373 e. The van der Waals surface area contributed by atoms with E-state index < -0.39 is 11.7 Å². The number of halogens is 4. The van der Waals surface area contributed by atoms with Crippen LogP contribution in [0.15, 0.2) is 40.9 Å². The Balaban J connectivity index is 2.39. The summed E-state index contributed by atoms with van der Waals surface area (Å²) in [4.78, 5) is 4.06. The van der Waals surface area contributed by atoms with Crippen molar-refractivity contribution in [2.45, 2.75) is 6.18 Å². The number of hydrogen-bond donors (Lipinski definition) is 2. The van der Waals surface area contributed by atoms with Crippen LogP contribution in [-0.2, 0) is 6.18 Å². The fourth-order valence-corrected chi connectivity index (χ4v) is 1.97. The maximum Gasteiger partial charge on any atom is 0.416 e. The third-order valence-corrected chi connectivity index (χ3v) is 3.24. The van der Waals surface area contributed by atoms with E-state index in [2.05, 4.69) is 31.5 Å². The van der Waals surface area contributed by atoms with Gasteiger partial charge in [0.25, 0.3) is 0 Å². The maximum absolute atomic E-state index is 12.8. The summed E-state index contributed by atoms with van der Waals surface area (Å²) >= 11 is 3.32. The Labute approximate surface area is 122 Å². The lowest BCUT2D eigenvalue weighted by molar-refractivity contribution is -0.137. The first-order valence-corrected chi connectivity index (χ1v) is 6.48. The Bertz CT molecular complexity index is 614. The second kappa shape index (κ2) is 5.70. The van der Waals surface area contributed by atoms with Gasteiger partial charge in [-0.1, -0.05) is 12.1 Å². The van der Waals surface area contributed by atoms with Crippen molar-refractivity contribution in [2.75, 3.05) is 17.7 Å². The second-order valence-electron chi connectivity index (χ2n) is 3.98. The molecule has 0 aliphatic carbocycles. The molecule has 7 heteroatoms. The number of hydrogen-bond acceptors (Lipinski definition) is 3. The van der Waals surface area contributed by atoms with Crippen LogP contribution in [0.4, 0.5) is 30.5 Å². The number of rotatable bonds is 3. The van der Waals surface area contributed by atoms with E-state index in [9.17, 15) is 13.2 Å². The average molecular weight is 346 g/mol. The van der Waals surface area contributed by atoms with Crippen molar-refractivity contribution in [1.29, 1.82) is 0 Å². The number of anilines is 3. The summed E-state index contributed by atoms with van der Waals surface area (Å²) in [5, 5.41) is 5.48. The molecule has 1 aromatic heterocycles. The third-order valence-electron chi connectivity index (χ3n) is 2.55. The lowest BCUT2D eigenvalue weighted by Crippen LogP contribution is -2.08. The van der Waals surface area contributed by atoms with Crippen molar-refractivity contribution >= 4 is 33.3 Å². The third kappa shape index (κ3) is 3.41. The quantitative estimate of drug-likeness (QED) is 0.850. The second-order valence-corrected chi connectivity index (χ2v) is 4.83. The van der Waals surface area contributed by atoms with Crippen molar-refractivity contribution in [3.63, 3.8) is 0 Å². The predicted octanol–water partition coefficient (Wildman–Crippen LogP) is 4.65. The Morgan fingerprint density at radius 3 is 2.35 bits per heavy atom. The van der Waals surface area contributed by atoms with Gasteiger partial charge in [0, 0.05) is 11.5 Å². The Hall–Kier alpha value is -1.76. The summed E-state index contributed by atoms with van der Waals surface area (Å²) in [6, 6.07) is 9.05. The van der Waals surface area contributed by atoms with Crippen LogP contribution in [0, 0.1) is 0 Å². The highest BCUT2D eigenvalue weighted by atomic mass is 79.9. The van der Waals surface area contributed by atoms with Crippen LogP contribution in [-0.4, -0.2) is 12.0 Å². The molecule has 1 heterocycles. The van der Waals surface area contributed by atoms with Crippen molar-refractivity contribution in [3.05, 3.63) is 46.4 Å². The van der Waals surface area contributed by atoms with Crippen LogP contribution >= 0.6 is 15.9 Å². The summed E-state index contributed by atoms with van der Waals surface area (Å²) in [6.07, 6.45) is -4.42. The fraction of sp³-hybridized carbons (Fsp3) is 0.154. The molecule has 3 nitrogen and oxygen atoms in total. The van der Waals surface area contributed by atoms with Crippen molar-refractivity contribution in [2.24, 2.45) is 0 Å². The van der Waals surface area contributed by atoms with Crippen LogP contribution in [0.5, 0.6) is 0 Å². The number of nitrogens with one attached hydrogen (secondary N) is 2. The van der Waals surface area contributed by atoms with Gasteiger partial charge in [-0.25, -0.2) is 4.98 Å². The van der Waals surface area contributed by atoms with Gasteiger partial charge in [-0.2, -0.15) is 13.2 Å². The summed E-state index contributed by atoms with van der Waals surface area (Å²) in [6.45, 7) is 0. The van der Waals surface area contributed by atoms with Crippen LogP contribution in [0.2, 0.25) is 0 Å². The first-order chi connectivity index (χ1) is 9.40. The van der Waals surface area contributed by atoms with Crippen LogP contribution < -0.4 is 10.6 Å². The number of nitrogens with zero attached hydrogens (tertiary/aromatic N) is 1. The molecule has 1 aromatic carbocycles. The van der Waals surface area contributed by atoms with E-state index in [1.807, 2.05) is 6.07 Å². The Morgan fingerprint density at radius 1 is 1.10 bits per heavy atom. The SMILES string of the molecule is CNc1cc(C(F)(F)F)cc(Nc2ccccc2Br)n1. The number of alkyl halides is 3. The molecule has 106 valence electrons. The van der Waals surface area contributed by atoms with Gasteiger partial charge in [-0.15, -0.1) is 0 Å². The monoisotopic (exact) mass is 345 g/mol. The molecule has 2 rings (SSSR count). The molecule has 0 aliphatic heterocycles. The minimum Gasteiger partial charge on any atom is -0.373 e. The molecule has 0 unspecified atom stereocenters. The number of benzene rings is 1. The number of para-hydroxylation sites is 1. The zero-order valence-corrected chi connectivity index (χ0v) is 12.0. The molecule has 0 atom stereocenters. The highest BCUT2D eigenvalue weighted by molar-refractivity contribution is 9.10. The summed E-state index contributed by atoms with van der Waals surface area (Å²) in [5.41, 5.74) is -0.118. The van der Waals surface area contributed by atoms with E-state index in [1.165, 1.54) is 7.05 Å². The van der Waals surface area contributed by atoms with Gasteiger partial charge in [-0.05, 0) is 40.2 Å². The molecule has 2 aromatic rings. The fourth-order valence-electron chi connectivity index (χ4n) is 1.59. The molecule has 0 radical (unpaired) electrons. The van der Waals surface area contributed by atoms with Gasteiger partial charge in [0.05, 0.1) is 11.3 Å². The lowest BCUT2D eigenvalue weighted by Gasteiger charge is -2.13. The van der Waals surface area contributed by atoms with Crippen molar-refractivity contribution in [3.8, 4) is 0 Å². The lowest BCUT2D eigenvalue weighted by atomic mass is 10.2. The Kier molecular flexibility index (Phi) is 4.17. The molecule has 0 saturated heterocycles. The van der Waals surface area contributed by atoms with Gasteiger partial charge in [-0.3, -0.25) is 0 Å². The molecule has 0 saturated carbocycles. The minimum absolute atomic E-state index is 0.121. The normalized spacial score (nSPS) is 11.2. The van der Waals surface area contributed by atoms with Crippen molar-refractivity contribution < 1.29 is 13.2 Å². The zero-order chi connectivity index (χ0) is 14.8. The summed E-state index contributed by atoms with van der Waals surface area (Å²) in [7, 11) is 1.52. The van der Waals surface area contributed by atoms with E-state index in [0.717, 1.165) is 16.6 Å². The minimum atomic E-state index is -4.42. The summed E-state index contributed by atoms with van der Waals surface area (Å²) in [5.74, 6) is 0.269. The summed E-state index contributed by atoms with van der Waals surface area (Å²) < 4.78 is 39.2. The zero-order valence-electron chi connectivity index (χ0n) is 10.4. The molecule has 0 aliphatic rings. The molecular formula is C13H11BrF3N3. The van der Waals surface area contributed by atoms with Gasteiger partial charge >= 0.3 is 6.18 Å². The van der Waals surface area contributed by atoms with Gasteiger partial charge in [0.2, 0.25) is 0 Å². The highest BCUT2D eigenvalue weighted by Crippen LogP contribution is 2.33. The van der Waals surface area contributed by atoms with E-state index in [-0.39, 0.29) is 11.6 Å². The Morgan fingerprint density at radius 2 is 1.75 bits per heavy atom. The van der Waals surface area contributed by atoms with Gasteiger partial charge in [0.1, 0.15) is 11.6 Å². The molecule has 2 N–H and O–H groups in total. The van der Waals surface area contributed by atoms with E-state index in [4.69, 9.17) is 0 Å². The number of pyridine rings is 1. The standard InChI is InChI=1S/C13H11BrF3N3/c1-18-11-6-8(13(15,16)17)7-12(20-11)19-10-5-3-2-4-9(10)14/h2-7H,1H3,(H2,18,19,20). The molecule has 0 amide bonds. The van der Waals surface area contributed by atoms with Gasteiger partial charge < -0.3 is 10.6 Å².